The van der Waals surface area contributed by atoms with Crippen LogP contribution in [0.1, 0.15) is 27.9 Å². The fourth-order valence-corrected chi connectivity index (χ4v) is 3.08. The SMILES string of the molecule is Cc1ccc(N2CCC(CNC(=O)c3ccccc3)C2)cc1C. The van der Waals surface area contributed by atoms with Crippen molar-refractivity contribution in [1.29, 1.82) is 0 Å². The minimum absolute atomic E-state index is 0.0234. The maximum atomic E-state index is 12.1. The van der Waals surface area contributed by atoms with Crippen LogP contribution >= 0.6 is 0 Å². The van der Waals surface area contributed by atoms with Crippen molar-refractivity contribution in [2.75, 3.05) is 24.5 Å². The molecule has 1 unspecified atom stereocenters. The average Bonchev–Trinajstić information content (AvgIpc) is 3.05. The molecule has 0 aromatic heterocycles. The molecule has 0 radical (unpaired) electrons. The molecule has 0 saturated carbocycles. The molecular formula is C20H24N2O. The van der Waals surface area contributed by atoms with Gasteiger partial charge in [-0.2, -0.15) is 0 Å². The van der Waals surface area contributed by atoms with E-state index in [-0.39, 0.29) is 5.91 Å². The topological polar surface area (TPSA) is 32.3 Å². The Balaban J connectivity index is 1.54. The van der Waals surface area contributed by atoms with Crippen LogP contribution in [0, 0.1) is 19.8 Å². The fraction of sp³-hybridized carbons (Fsp3) is 0.350. The van der Waals surface area contributed by atoms with Crippen LogP contribution in [0.2, 0.25) is 0 Å². The number of nitrogens with zero attached hydrogens (tertiary/aromatic N) is 1. The first kappa shape index (κ1) is 15.6. The summed E-state index contributed by atoms with van der Waals surface area (Å²) in [6, 6.07) is 16.1. The molecule has 23 heavy (non-hydrogen) atoms. The monoisotopic (exact) mass is 308 g/mol. The van der Waals surface area contributed by atoms with Crippen LogP contribution < -0.4 is 10.2 Å². The van der Waals surface area contributed by atoms with Gasteiger partial charge in [0.1, 0.15) is 0 Å². The van der Waals surface area contributed by atoms with E-state index in [2.05, 4.69) is 42.3 Å². The number of hydrogen-bond acceptors (Lipinski definition) is 2. The Bertz CT molecular complexity index is 681. The van der Waals surface area contributed by atoms with Gasteiger partial charge in [-0.3, -0.25) is 4.79 Å². The lowest BCUT2D eigenvalue weighted by Crippen LogP contribution is -2.31. The number of rotatable bonds is 4. The molecule has 1 N–H and O–H groups in total. The van der Waals surface area contributed by atoms with Crippen molar-refractivity contribution in [3.8, 4) is 0 Å². The summed E-state index contributed by atoms with van der Waals surface area (Å²) in [6.07, 6.45) is 1.13. The first-order chi connectivity index (χ1) is 11.1. The molecule has 1 fully saturated rings. The zero-order valence-electron chi connectivity index (χ0n) is 13.9. The van der Waals surface area contributed by atoms with Gasteiger partial charge in [0.25, 0.3) is 5.91 Å². The molecule has 1 aliphatic rings. The van der Waals surface area contributed by atoms with Gasteiger partial charge in [-0.25, -0.2) is 0 Å². The largest absolute Gasteiger partial charge is 0.371 e. The summed E-state index contributed by atoms with van der Waals surface area (Å²) < 4.78 is 0. The summed E-state index contributed by atoms with van der Waals surface area (Å²) in [5.74, 6) is 0.541. The van der Waals surface area contributed by atoms with Crippen LogP contribution in [0.3, 0.4) is 0 Å². The molecule has 0 aliphatic carbocycles. The van der Waals surface area contributed by atoms with Gasteiger partial charge in [-0.15, -0.1) is 0 Å². The summed E-state index contributed by atoms with van der Waals surface area (Å²) in [5, 5.41) is 3.07. The van der Waals surface area contributed by atoms with Crippen molar-refractivity contribution in [3.05, 3.63) is 65.2 Å². The van der Waals surface area contributed by atoms with E-state index in [9.17, 15) is 4.79 Å². The second-order valence-electron chi connectivity index (χ2n) is 6.45. The van der Waals surface area contributed by atoms with Crippen LogP contribution in [0.25, 0.3) is 0 Å². The van der Waals surface area contributed by atoms with E-state index in [1.165, 1.54) is 16.8 Å². The third-order valence-electron chi connectivity index (χ3n) is 4.73. The molecule has 3 heteroatoms. The van der Waals surface area contributed by atoms with Gasteiger partial charge in [0.15, 0.2) is 0 Å². The van der Waals surface area contributed by atoms with E-state index in [1.807, 2.05) is 30.3 Å². The Labute approximate surface area is 138 Å². The van der Waals surface area contributed by atoms with E-state index in [1.54, 1.807) is 0 Å². The van der Waals surface area contributed by atoms with Gasteiger partial charge in [-0.05, 0) is 61.6 Å². The molecule has 1 heterocycles. The normalized spacial score (nSPS) is 17.3. The van der Waals surface area contributed by atoms with E-state index >= 15 is 0 Å². The first-order valence-corrected chi connectivity index (χ1v) is 8.29. The number of anilines is 1. The van der Waals surface area contributed by atoms with Crippen molar-refractivity contribution in [2.45, 2.75) is 20.3 Å². The number of nitrogens with one attached hydrogen (secondary N) is 1. The maximum absolute atomic E-state index is 12.1. The lowest BCUT2D eigenvalue weighted by atomic mass is 10.1. The summed E-state index contributed by atoms with van der Waals surface area (Å²) >= 11 is 0. The molecule has 2 aromatic rings. The van der Waals surface area contributed by atoms with Crippen molar-refractivity contribution in [1.82, 2.24) is 5.32 Å². The van der Waals surface area contributed by atoms with Crippen molar-refractivity contribution in [2.24, 2.45) is 5.92 Å². The lowest BCUT2D eigenvalue weighted by molar-refractivity contribution is 0.0948. The maximum Gasteiger partial charge on any atom is 0.251 e. The molecule has 1 saturated heterocycles. The van der Waals surface area contributed by atoms with Crippen LogP contribution in [0.5, 0.6) is 0 Å². The number of carbonyl (C=O) groups is 1. The van der Waals surface area contributed by atoms with Crippen LogP contribution in [-0.2, 0) is 0 Å². The Hall–Kier alpha value is -2.29. The van der Waals surface area contributed by atoms with Gasteiger partial charge in [0.2, 0.25) is 0 Å². The zero-order valence-corrected chi connectivity index (χ0v) is 13.9. The molecule has 1 amide bonds. The summed E-state index contributed by atoms with van der Waals surface area (Å²) in [6.45, 7) is 7.12. The summed E-state index contributed by atoms with van der Waals surface area (Å²) in [4.78, 5) is 14.5. The average molecular weight is 308 g/mol. The molecule has 1 aliphatic heterocycles. The van der Waals surface area contributed by atoms with Crippen LogP contribution in [0.4, 0.5) is 5.69 Å². The molecule has 3 rings (SSSR count). The first-order valence-electron chi connectivity index (χ1n) is 8.29. The van der Waals surface area contributed by atoms with Crippen LogP contribution in [-0.4, -0.2) is 25.5 Å². The van der Waals surface area contributed by atoms with Crippen molar-refractivity contribution in [3.63, 3.8) is 0 Å². The van der Waals surface area contributed by atoms with Gasteiger partial charge in [-0.1, -0.05) is 24.3 Å². The Kier molecular flexibility index (Phi) is 4.65. The molecule has 120 valence electrons. The smallest absolute Gasteiger partial charge is 0.251 e. The zero-order chi connectivity index (χ0) is 16.2. The third-order valence-corrected chi connectivity index (χ3v) is 4.73. The van der Waals surface area contributed by atoms with E-state index in [0.29, 0.717) is 5.92 Å². The van der Waals surface area contributed by atoms with Gasteiger partial charge < -0.3 is 10.2 Å². The number of benzene rings is 2. The van der Waals surface area contributed by atoms with E-state index in [0.717, 1.165) is 31.6 Å². The Morgan fingerprint density at radius 3 is 2.65 bits per heavy atom. The molecule has 0 bridgehead atoms. The van der Waals surface area contributed by atoms with E-state index < -0.39 is 0 Å². The van der Waals surface area contributed by atoms with Crippen LogP contribution in [0.15, 0.2) is 48.5 Å². The van der Waals surface area contributed by atoms with Crippen molar-refractivity contribution < 1.29 is 4.79 Å². The Morgan fingerprint density at radius 2 is 1.91 bits per heavy atom. The summed E-state index contributed by atoms with van der Waals surface area (Å²) in [5.41, 5.74) is 4.70. The predicted molar refractivity (Wildman–Crippen MR) is 95.0 cm³/mol. The predicted octanol–water partition coefficient (Wildman–Crippen LogP) is 3.56. The lowest BCUT2D eigenvalue weighted by Gasteiger charge is -2.20. The second kappa shape index (κ2) is 6.86. The van der Waals surface area contributed by atoms with E-state index in [4.69, 9.17) is 0 Å². The standard InChI is InChI=1S/C20H24N2O/c1-15-8-9-19(12-16(15)2)22-11-10-17(14-22)13-21-20(23)18-6-4-3-5-7-18/h3-9,12,17H,10-11,13-14H2,1-2H3,(H,21,23). The fourth-order valence-electron chi connectivity index (χ4n) is 3.08. The minimum Gasteiger partial charge on any atom is -0.371 e. The second-order valence-corrected chi connectivity index (χ2v) is 6.45. The van der Waals surface area contributed by atoms with Crippen molar-refractivity contribution >= 4 is 11.6 Å². The molecule has 0 spiro atoms. The highest BCUT2D eigenvalue weighted by atomic mass is 16.1. The molecular weight excluding hydrogens is 284 g/mol. The highest BCUT2D eigenvalue weighted by Crippen LogP contribution is 2.25. The highest BCUT2D eigenvalue weighted by molar-refractivity contribution is 5.94. The quantitative estimate of drug-likeness (QED) is 0.936. The molecule has 1 atom stereocenters. The molecule has 2 aromatic carbocycles. The number of carbonyl (C=O) groups excluding carboxylic acids is 1. The number of aryl methyl sites for hydroxylation is 2. The highest BCUT2D eigenvalue weighted by Gasteiger charge is 2.23. The van der Waals surface area contributed by atoms with Gasteiger partial charge in [0, 0.05) is 30.9 Å². The minimum atomic E-state index is 0.0234. The third kappa shape index (κ3) is 3.73. The summed E-state index contributed by atoms with van der Waals surface area (Å²) in [7, 11) is 0. The Morgan fingerprint density at radius 1 is 1.13 bits per heavy atom. The van der Waals surface area contributed by atoms with Gasteiger partial charge in [0.05, 0.1) is 0 Å². The number of hydrogen-bond donors (Lipinski definition) is 1. The number of amides is 1. The van der Waals surface area contributed by atoms with Gasteiger partial charge >= 0.3 is 0 Å². The molecule has 3 nitrogen and oxygen atoms in total.